The Bertz CT molecular complexity index is 843. The van der Waals surface area contributed by atoms with Crippen molar-refractivity contribution in [3.63, 3.8) is 0 Å². The minimum Gasteiger partial charge on any atom is -0.355 e. The number of sulfonamides is 1. The van der Waals surface area contributed by atoms with E-state index in [9.17, 15) is 13.2 Å². The maximum atomic E-state index is 12.2. The van der Waals surface area contributed by atoms with Crippen molar-refractivity contribution in [3.8, 4) is 0 Å². The van der Waals surface area contributed by atoms with E-state index in [4.69, 9.17) is 0 Å². The number of benzene rings is 2. The van der Waals surface area contributed by atoms with Gasteiger partial charge >= 0.3 is 0 Å². The molecular weight excluding hydrogens is 324 g/mol. The number of hydrogen-bond acceptors (Lipinski definition) is 3. The van der Waals surface area contributed by atoms with E-state index >= 15 is 0 Å². The molecule has 2 N–H and O–H groups in total. The topological polar surface area (TPSA) is 75.3 Å². The third-order valence-corrected chi connectivity index (χ3v) is 5.88. The van der Waals surface area contributed by atoms with Crippen molar-refractivity contribution in [2.75, 3.05) is 18.8 Å². The molecule has 128 valence electrons. The Morgan fingerprint density at radius 2 is 1.88 bits per heavy atom. The van der Waals surface area contributed by atoms with Crippen LogP contribution in [0, 0.1) is 5.92 Å². The van der Waals surface area contributed by atoms with Gasteiger partial charge in [0.25, 0.3) is 0 Å². The summed E-state index contributed by atoms with van der Waals surface area (Å²) in [6.45, 7) is 2.13. The Hall–Kier alpha value is -1.92. The van der Waals surface area contributed by atoms with E-state index in [0.29, 0.717) is 6.54 Å². The summed E-state index contributed by atoms with van der Waals surface area (Å²) in [5, 5.41) is 5.22. The SMILES string of the molecule is CCS(=O)(=O)NCCNC(=O)[C@@H]1C[C@H]1c1cccc2ccccc12. The molecule has 5 nitrogen and oxygen atoms in total. The van der Waals surface area contributed by atoms with E-state index in [1.807, 2.05) is 18.2 Å². The van der Waals surface area contributed by atoms with Crippen LogP contribution in [-0.4, -0.2) is 33.2 Å². The van der Waals surface area contributed by atoms with E-state index in [2.05, 4.69) is 34.3 Å². The van der Waals surface area contributed by atoms with E-state index in [1.165, 1.54) is 16.3 Å². The minimum atomic E-state index is -3.20. The van der Waals surface area contributed by atoms with Crippen molar-refractivity contribution in [2.24, 2.45) is 5.92 Å². The first kappa shape index (κ1) is 16.9. The second-order valence-corrected chi connectivity index (χ2v) is 8.20. The van der Waals surface area contributed by atoms with Crippen LogP contribution in [0.3, 0.4) is 0 Å². The zero-order valence-electron chi connectivity index (χ0n) is 13.7. The number of fused-ring (bicyclic) bond motifs is 1. The molecule has 0 heterocycles. The fraction of sp³-hybridized carbons (Fsp3) is 0.389. The highest BCUT2D eigenvalue weighted by Gasteiger charge is 2.44. The summed E-state index contributed by atoms with van der Waals surface area (Å²) in [5.74, 6) is 0.290. The number of carbonyl (C=O) groups excluding carboxylic acids is 1. The van der Waals surface area contributed by atoms with Crippen molar-refractivity contribution in [1.82, 2.24) is 10.0 Å². The lowest BCUT2D eigenvalue weighted by molar-refractivity contribution is -0.122. The molecule has 1 saturated carbocycles. The predicted octanol–water partition coefficient (Wildman–Crippen LogP) is 2.00. The third-order valence-electron chi connectivity index (χ3n) is 4.48. The van der Waals surface area contributed by atoms with Crippen LogP contribution in [0.15, 0.2) is 42.5 Å². The Morgan fingerprint density at radius 1 is 1.12 bits per heavy atom. The van der Waals surface area contributed by atoms with Gasteiger partial charge in [-0.25, -0.2) is 13.1 Å². The summed E-state index contributed by atoms with van der Waals surface area (Å²) in [6.07, 6.45) is 0.848. The fourth-order valence-electron chi connectivity index (χ4n) is 3.03. The molecule has 1 aliphatic carbocycles. The summed E-state index contributed by atoms with van der Waals surface area (Å²) in [7, 11) is -3.20. The summed E-state index contributed by atoms with van der Waals surface area (Å²) >= 11 is 0. The van der Waals surface area contributed by atoms with Crippen LogP contribution in [0.4, 0.5) is 0 Å². The van der Waals surface area contributed by atoms with Gasteiger partial charge in [-0.1, -0.05) is 42.5 Å². The average Bonchev–Trinajstić information content (AvgIpc) is 3.39. The van der Waals surface area contributed by atoms with Gasteiger partial charge in [0.15, 0.2) is 0 Å². The largest absolute Gasteiger partial charge is 0.355 e. The summed E-state index contributed by atoms with van der Waals surface area (Å²) in [6, 6.07) is 14.4. The Balaban J connectivity index is 1.56. The highest BCUT2D eigenvalue weighted by atomic mass is 32.2. The van der Waals surface area contributed by atoms with Crippen LogP contribution in [0.2, 0.25) is 0 Å². The maximum absolute atomic E-state index is 12.2. The predicted molar refractivity (Wildman–Crippen MR) is 95.3 cm³/mol. The van der Waals surface area contributed by atoms with Crippen molar-refractivity contribution in [1.29, 1.82) is 0 Å². The average molecular weight is 346 g/mol. The molecule has 0 bridgehead atoms. The van der Waals surface area contributed by atoms with Crippen molar-refractivity contribution >= 4 is 26.7 Å². The molecule has 2 aromatic carbocycles. The van der Waals surface area contributed by atoms with Crippen molar-refractivity contribution in [2.45, 2.75) is 19.3 Å². The van der Waals surface area contributed by atoms with Crippen LogP contribution in [-0.2, 0) is 14.8 Å². The van der Waals surface area contributed by atoms with Gasteiger partial charge in [0.1, 0.15) is 0 Å². The number of nitrogens with one attached hydrogen (secondary N) is 2. The Labute approximate surface area is 142 Å². The van der Waals surface area contributed by atoms with Crippen LogP contribution in [0.1, 0.15) is 24.8 Å². The van der Waals surface area contributed by atoms with Crippen LogP contribution < -0.4 is 10.0 Å². The quantitative estimate of drug-likeness (QED) is 0.753. The smallest absolute Gasteiger partial charge is 0.223 e. The lowest BCUT2D eigenvalue weighted by Gasteiger charge is -2.08. The van der Waals surface area contributed by atoms with Gasteiger partial charge in [0.2, 0.25) is 15.9 Å². The molecule has 1 fully saturated rings. The lowest BCUT2D eigenvalue weighted by atomic mass is 10.00. The molecule has 2 aromatic rings. The number of hydrogen-bond donors (Lipinski definition) is 2. The highest BCUT2D eigenvalue weighted by Crippen LogP contribution is 2.49. The molecular formula is C18H22N2O3S. The Kier molecular flexibility index (Phi) is 4.87. The van der Waals surface area contributed by atoms with Gasteiger partial charge in [-0.3, -0.25) is 4.79 Å². The summed E-state index contributed by atoms with van der Waals surface area (Å²) in [5.41, 5.74) is 1.22. The molecule has 6 heteroatoms. The Morgan fingerprint density at radius 3 is 2.67 bits per heavy atom. The molecule has 1 aliphatic rings. The van der Waals surface area contributed by atoms with Gasteiger partial charge in [0.05, 0.1) is 5.75 Å². The second-order valence-electron chi connectivity index (χ2n) is 6.11. The summed E-state index contributed by atoms with van der Waals surface area (Å²) in [4.78, 5) is 12.2. The van der Waals surface area contributed by atoms with Gasteiger partial charge in [0, 0.05) is 19.0 Å². The molecule has 0 unspecified atom stereocenters. The molecule has 2 atom stereocenters. The number of carbonyl (C=O) groups is 1. The third kappa shape index (κ3) is 3.76. The van der Waals surface area contributed by atoms with Crippen LogP contribution in [0.5, 0.6) is 0 Å². The maximum Gasteiger partial charge on any atom is 0.223 e. The fourth-order valence-corrected chi connectivity index (χ4v) is 3.64. The molecule has 0 aromatic heterocycles. The van der Waals surface area contributed by atoms with E-state index < -0.39 is 10.0 Å². The first-order chi connectivity index (χ1) is 11.5. The van der Waals surface area contributed by atoms with Gasteiger partial charge < -0.3 is 5.32 Å². The number of rotatable bonds is 7. The molecule has 24 heavy (non-hydrogen) atoms. The van der Waals surface area contributed by atoms with Crippen LogP contribution in [0.25, 0.3) is 10.8 Å². The van der Waals surface area contributed by atoms with Gasteiger partial charge in [-0.05, 0) is 35.6 Å². The van der Waals surface area contributed by atoms with E-state index in [0.717, 1.165) is 6.42 Å². The zero-order chi connectivity index (χ0) is 17.2. The molecule has 0 spiro atoms. The van der Waals surface area contributed by atoms with Crippen molar-refractivity contribution < 1.29 is 13.2 Å². The molecule has 3 rings (SSSR count). The number of amides is 1. The van der Waals surface area contributed by atoms with E-state index in [1.54, 1.807) is 6.92 Å². The molecule has 0 saturated heterocycles. The minimum absolute atomic E-state index is 0.00336. The second kappa shape index (κ2) is 6.91. The van der Waals surface area contributed by atoms with Gasteiger partial charge in [-0.2, -0.15) is 0 Å². The molecule has 0 aliphatic heterocycles. The van der Waals surface area contributed by atoms with Crippen molar-refractivity contribution in [3.05, 3.63) is 48.0 Å². The standard InChI is InChI=1S/C18H22N2O3S/c1-2-24(22,23)20-11-10-19-18(21)17-12-16(17)15-9-5-7-13-6-3-4-8-14(13)15/h3-9,16-17,20H,2,10-12H2,1H3,(H,19,21)/t16-,17+/m0/s1. The first-order valence-corrected chi connectivity index (χ1v) is 9.90. The van der Waals surface area contributed by atoms with E-state index in [-0.39, 0.29) is 30.0 Å². The first-order valence-electron chi connectivity index (χ1n) is 8.24. The van der Waals surface area contributed by atoms with Crippen LogP contribution >= 0.6 is 0 Å². The zero-order valence-corrected chi connectivity index (χ0v) is 14.5. The highest BCUT2D eigenvalue weighted by molar-refractivity contribution is 7.89. The lowest BCUT2D eigenvalue weighted by Crippen LogP contribution is -2.36. The molecule has 0 radical (unpaired) electrons. The molecule has 1 amide bonds. The monoisotopic (exact) mass is 346 g/mol. The normalized spacial score (nSPS) is 20.0. The van der Waals surface area contributed by atoms with Gasteiger partial charge in [-0.15, -0.1) is 0 Å². The summed E-state index contributed by atoms with van der Waals surface area (Å²) < 4.78 is 25.1.